The number of carbonyl (C=O) groups excluding carboxylic acids is 1. The van der Waals surface area contributed by atoms with Crippen LogP contribution in [0.3, 0.4) is 0 Å². The molecule has 0 saturated heterocycles. The number of nitrogen functional groups attached to an aromatic ring is 1. The average Bonchev–Trinajstić information content (AvgIpc) is 2.61. The van der Waals surface area contributed by atoms with Gasteiger partial charge in [-0.1, -0.05) is 6.07 Å². The normalized spacial score (nSPS) is 10.5. The summed E-state index contributed by atoms with van der Waals surface area (Å²) in [4.78, 5) is 14.1. The van der Waals surface area contributed by atoms with Crippen molar-refractivity contribution < 1.29 is 4.79 Å². The molecule has 0 aliphatic heterocycles. The summed E-state index contributed by atoms with van der Waals surface area (Å²) < 4.78 is 1.49. The third kappa shape index (κ3) is 2.46. The molecule has 0 atom stereocenters. The van der Waals surface area contributed by atoms with Gasteiger partial charge in [-0.2, -0.15) is 0 Å². The first-order valence-electron chi connectivity index (χ1n) is 4.85. The van der Waals surface area contributed by atoms with E-state index >= 15 is 0 Å². The Morgan fingerprint density at radius 3 is 2.65 bits per heavy atom. The monoisotopic (exact) mass is 373 g/mol. The van der Waals surface area contributed by atoms with Crippen LogP contribution in [0.5, 0.6) is 0 Å². The fourth-order valence-electron chi connectivity index (χ4n) is 1.49. The maximum absolute atomic E-state index is 12.3. The molecule has 0 aliphatic rings. The van der Waals surface area contributed by atoms with E-state index in [9.17, 15) is 4.79 Å². The highest BCUT2D eigenvalue weighted by Crippen LogP contribution is 2.32. The third-order valence-electron chi connectivity index (χ3n) is 2.29. The molecular formula is C12H9Br2NOS. The van der Waals surface area contributed by atoms with Gasteiger partial charge in [-0.3, -0.25) is 4.79 Å². The number of ketones is 1. The number of thiophene rings is 1. The molecule has 17 heavy (non-hydrogen) atoms. The molecule has 2 N–H and O–H groups in total. The van der Waals surface area contributed by atoms with Crippen LogP contribution in [-0.4, -0.2) is 5.78 Å². The third-order valence-corrected chi connectivity index (χ3v) is 5.11. The van der Waals surface area contributed by atoms with Crippen LogP contribution >= 0.6 is 43.2 Å². The van der Waals surface area contributed by atoms with Crippen LogP contribution in [0.25, 0.3) is 0 Å². The van der Waals surface area contributed by atoms with Gasteiger partial charge in [0.2, 0.25) is 5.78 Å². The Morgan fingerprint density at radius 2 is 2.06 bits per heavy atom. The Kier molecular flexibility index (Phi) is 3.70. The molecule has 0 aliphatic carbocycles. The van der Waals surface area contributed by atoms with E-state index in [4.69, 9.17) is 5.73 Å². The van der Waals surface area contributed by atoms with E-state index in [1.165, 1.54) is 11.3 Å². The number of benzene rings is 1. The Labute approximate surface area is 120 Å². The summed E-state index contributed by atoms with van der Waals surface area (Å²) in [5, 5.41) is 0. The molecule has 0 amide bonds. The van der Waals surface area contributed by atoms with Crippen molar-refractivity contribution in [1.82, 2.24) is 0 Å². The standard InChI is InChI=1S/C12H9Br2NOS/c1-6-5-8(13)12(17-6)11(16)7-3-2-4-9(15)10(7)14/h2-5H,15H2,1H3. The summed E-state index contributed by atoms with van der Waals surface area (Å²) in [5.41, 5.74) is 6.93. The molecule has 88 valence electrons. The molecule has 0 radical (unpaired) electrons. The van der Waals surface area contributed by atoms with Crippen LogP contribution in [0.2, 0.25) is 0 Å². The number of carbonyl (C=O) groups is 1. The van der Waals surface area contributed by atoms with Crippen LogP contribution in [0.4, 0.5) is 5.69 Å². The average molecular weight is 375 g/mol. The van der Waals surface area contributed by atoms with E-state index in [0.717, 1.165) is 9.35 Å². The quantitative estimate of drug-likeness (QED) is 0.625. The van der Waals surface area contributed by atoms with Gasteiger partial charge in [-0.05, 0) is 57.0 Å². The lowest BCUT2D eigenvalue weighted by Gasteiger charge is -2.04. The fourth-order valence-corrected chi connectivity index (χ4v) is 3.71. The summed E-state index contributed by atoms with van der Waals surface area (Å²) in [6, 6.07) is 7.25. The van der Waals surface area contributed by atoms with Crippen molar-refractivity contribution in [2.45, 2.75) is 6.92 Å². The Hall–Kier alpha value is -0.650. The zero-order chi connectivity index (χ0) is 12.6. The zero-order valence-electron chi connectivity index (χ0n) is 8.96. The van der Waals surface area contributed by atoms with Crippen LogP contribution < -0.4 is 5.73 Å². The number of nitrogens with two attached hydrogens (primary N) is 1. The van der Waals surface area contributed by atoms with Crippen LogP contribution in [-0.2, 0) is 0 Å². The second-order valence-corrected chi connectivity index (χ2v) is 6.48. The van der Waals surface area contributed by atoms with Crippen molar-refractivity contribution in [3.63, 3.8) is 0 Å². The van der Waals surface area contributed by atoms with Gasteiger partial charge in [0.25, 0.3) is 0 Å². The number of rotatable bonds is 2. The Bertz CT molecular complexity index is 592. The second kappa shape index (κ2) is 4.92. The molecule has 0 unspecified atom stereocenters. The van der Waals surface area contributed by atoms with E-state index in [1.54, 1.807) is 18.2 Å². The lowest BCUT2D eigenvalue weighted by Crippen LogP contribution is -2.02. The van der Waals surface area contributed by atoms with E-state index in [0.29, 0.717) is 20.6 Å². The molecule has 1 aromatic carbocycles. The fraction of sp³-hybridized carbons (Fsp3) is 0.0833. The Morgan fingerprint density at radius 1 is 1.35 bits per heavy atom. The van der Waals surface area contributed by atoms with Crippen molar-refractivity contribution in [3.05, 3.63) is 48.5 Å². The molecule has 1 heterocycles. The highest BCUT2D eigenvalue weighted by molar-refractivity contribution is 9.11. The van der Waals surface area contributed by atoms with Crippen molar-refractivity contribution in [3.8, 4) is 0 Å². The molecule has 0 fully saturated rings. The first kappa shape index (κ1) is 12.8. The number of hydrogen-bond acceptors (Lipinski definition) is 3. The molecule has 2 rings (SSSR count). The van der Waals surface area contributed by atoms with Crippen molar-refractivity contribution in [2.24, 2.45) is 0 Å². The van der Waals surface area contributed by atoms with Crippen LogP contribution in [0.1, 0.15) is 20.1 Å². The first-order chi connectivity index (χ1) is 8.00. The maximum Gasteiger partial charge on any atom is 0.205 e. The summed E-state index contributed by atoms with van der Waals surface area (Å²) in [5.74, 6) is -0.0193. The van der Waals surface area contributed by atoms with Gasteiger partial charge in [-0.25, -0.2) is 0 Å². The van der Waals surface area contributed by atoms with Crippen molar-refractivity contribution >= 4 is 54.7 Å². The molecule has 0 spiro atoms. The molecule has 1 aromatic heterocycles. The summed E-state index contributed by atoms with van der Waals surface area (Å²) in [6.07, 6.45) is 0. The summed E-state index contributed by atoms with van der Waals surface area (Å²) in [6.45, 7) is 1.97. The topological polar surface area (TPSA) is 43.1 Å². The molecule has 0 saturated carbocycles. The van der Waals surface area contributed by atoms with Gasteiger partial charge in [0, 0.05) is 20.6 Å². The van der Waals surface area contributed by atoms with Gasteiger partial charge >= 0.3 is 0 Å². The first-order valence-corrected chi connectivity index (χ1v) is 7.25. The molecule has 2 nitrogen and oxygen atoms in total. The van der Waals surface area contributed by atoms with Gasteiger partial charge in [-0.15, -0.1) is 11.3 Å². The number of aryl methyl sites for hydroxylation is 1. The number of anilines is 1. The molecular weight excluding hydrogens is 366 g/mol. The SMILES string of the molecule is Cc1cc(Br)c(C(=O)c2cccc(N)c2Br)s1. The van der Waals surface area contributed by atoms with E-state index in [2.05, 4.69) is 31.9 Å². The molecule has 0 bridgehead atoms. The predicted molar refractivity (Wildman–Crippen MR) is 78.7 cm³/mol. The highest BCUT2D eigenvalue weighted by atomic mass is 79.9. The summed E-state index contributed by atoms with van der Waals surface area (Å²) in [7, 11) is 0. The largest absolute Gasteiger partial charge is 0.398 e. The zero-order valence-corrected chi connectivity index (χ0v) is 12.9. The van der Waals surface area contributed by atoms with Gasteiger partial charge in [0.05, 0.1) is 9.35 Å². The minimum Gasteiger partial charge on any atom is -0.398 e. The molecule has 5 heteroatoms. The smallest absolute Gasteiger partial charge is 0.205 e. The predicted octanol–water partition coefficient (Wildman–Crippen LogP) is 4.39. The van der Waals surface area contributed by atoms with Crippen LogP contribution in [0.15, 0.2) is 33.2 Å². The summed E-state index contributed by atoms with van der Waals surface area (Å²) >= 11 is 8.23. The van der Waals surface area contributed by atoms with E-state index in [1.807, 2.05) is 13.0 Å². The van der Waals surface area contributed by atoms with Crippen LogP contribution in [0, 0.1) is 6.92 Å². The number of halogens is 2. The Balaban J connectivity index is 2.51. The number of hydrogen-bond donors (Lipinski definition) is 1. The van der Waals surface area contributed by atoms with Gasteiger partial charge < -0.3 is 5.73 Å². The maximum atomic E-state index is 12.3. The van der Waals surface area contributed by atoms with Crippen molar-refractivity contribution in [1.29, 1.82) is 0 Å². The minimum atomic E-state index is -0.0193. The second-order valence-electron chi connectivity index (χ2n) is 3.57. The lowest BCUT2D eigenvalue weighted by molar-refractivity contribution is 0.104. The van der Waals surface area contributed by atoms with Gasteiger partial charge in [0.15, 0.2) is 0 Å². The molecule has 2 aromatic rings. The highest BCUT2D eigenvalue weighted by Gasteiger charge is 2.18. The van der Waals surface area contributed by atoms with E-state index in [-0.39, 0.29) is 5.78 Å². The minimum absolute atomic E-state index is 0.0193. The van der Waals surface area contributed by atoms with E-state index < -0.39 is 0 Å². The van der Waals surface area contributed by atoms with Gasteiger partial charge in [0.1, 0.15) is 0 Å². The van der Waals surface area contributed by atoms with Crippen molar-refractivity contribution in [2.75, 3.05) is 5.73 Å². The lowest BCUT2D eigenvalue weighted by atomic mass is 10.1.